The third kappa shape index (κ3) is 6.79. The molecule has 0 saturated carbocycles. The average Bonchev–Trinajstić information content (AvgIpc) is 2.66. The van der Waals surface area contributed by atoms with Crippen LogP contribution in [-0.2, 0) is 14.3 Å². The van der Waals surface area contributed by atoms with E-state index in [-0.39, 0.29) is 6.42 Å². The Morgan fingerprint density at radius 1 is 1.14 bits per heavy atom. The second-order valence-corrected chi connectivity index (χ2v) is 7.01. The van der Waals surface area contributed by atoms with E-state index < -0.39 is 30.6 Å². The molecule has 28 heavy (non-hydrogen) atoms. The van der Waals surface area contributed by atoms with E-state index in [0.717, 1.165) is 4.90 Å². The highest BCUT2D eigenvalue weighted by molar-refractivity contribution is 7.98. The second kappa shape index (κ2) is 10.6. The monoisotopic (exact) mass is 421 g/mol. The number of nitrogens with one attached hydrogen (secondary N) is 2. The third-order valence-corrected chi connectivity index (χ3v) is 4.75. The van der Waals surface area contributed by atoms with E-state index >= 15 is 0 Å². The summed E-state index contributed by atoms with van der Waals surface area (Å²) in [6, 6.07) is 12.4. The number of nitrogens with two attached hydrogens (primary N) is 1. The van der Waals surface area contributed by atoms with Gasteiger partial charge in [-0.1, -0.05) is 35.9 Å². The van der Waals surface area contributed by atoms with E-state index in [0.29, 0.717) is 16.3 Å². The second-order valence-electron chi connectivity index (χ2n) is 5.73. The number of anilines is 1. The number of halogens is 1. The number of amides is 3. The molecular formula is C19H20ClN3O4S. The summed E-state index contributed by atoms with van der Waals surface area (Å²) < 4.78 is 5.03. The Balaban J connectivity index is 1.92. The predicted molar refractivity (Wildman–Crippen MR) is 109 cm³/mol. The molecular weight excluding hydrogens is 402 g/mol. The van der Waals surface area contributed by atoms with Gasteiger partial charge in [0.2, 0.25) is 0 Å². The number of carbonyl (C=O) groups excluding carboxylic acids is 3. The van der Waals surface area contributed by atoms with E-state index in [1.807, 2.05) is 18.4 Å². The van der Waals surface area contributed by atoms with Crippen molar-refractivity contribution in [3.8, 4) is 0 Å². The fraction of sp³-hybridized carbons (Fsp3) is 0.211. The molecule has 0 saturated heterocycles. The average molecular weight is 422 g/mol. The van der Waals surface area contributed by atoms with Crippen molar-refractivity contribution in [3.63, 3.8) is 0 Å². The number of ether oxygens (including phenoxy) is 1. The lowest BCUT2D eigenvalue weighted by Crippen LogP contribution is -2.35. The van der Waals surface area contributed by atoms with Crippen LogP contribution in [0.4, 0.5) is 10.5 Å². The maximum absolute atomic E-state index is 12.1. The molecule has 2 aromatic rings. The van der Waals surface area contributed by atoms with Crippen LogP contribution < -0.4 is 16.4 Å². The molecule has 0 spiro atoms. The zero-order valence-corrected chi connectivity index (χ0v) is 16.7. The summed E-state index contributed by atoms with van der Waals surface area (Å²) in [6.45, 7) is -0.439. The Morgan fingerprint density at radius 2 is 1.82 bits per heavy atom. The number of primary amides is 1. The van der Waals surface area contributed by atoms with E-state index in [4.69, 9.17) is 22.1 Å². The lowest BCUT2D eigenvalue weighted by atomic mass is 10.0. The molecule has 1 unspecified atom stereocenters. The molecule has 0 radical (unpaired) electrons. The Hall–Kier alpha value is -2.71. The summed E-state index contributed by atoms with van der Waals surface area (Å²) in [6.07, 6.45) is 1.72. The standard InChI is InChI=1S/C19H20ClN3O4S/c1-28-16-5-3-2-4-14(16)22-17(24)11-27-18(25)10-15(23-19(21)26)12-6-8-13(20)9-7-12/h2-9,15H,10-11H2,1H3,(H,22,24)(H3,21,23,26). The molecule has 0 aromatic heterocycles. The molecule has 148 valence electrons. The first-order valence-electron chi connectivity index (χ1n) is 8.29. The van der Waals surface area contributed by atoms with Crippen LogP contribution in [0.25, 0.3) is 0 Å². The number of rotatable bonds is 8. The largest absolute Gasteiger partial charge is 0.455 e. The summed E-state index contributed by atoms with van der Waals surface area (Å²) in [5.41, 5.74) is 6.46. The van der Waals surface area contributed by atoms with Gasteiger partial charge in [0.25, 0.3) is 5.91 Å². The number of urea groups is 1. The topological polar surface area (TPSA) is 111 Å². The zero-order chi connectivity index (χ0) is 20.5. The van der Waals surface area contributed by atoms with E-state index in [1.54, 1.807) is 36.4 Å². The normalized spacial score (nSPS) is 11.4. The molecule has 0 bridgehead atoms. The number of thioether (sulfide) groups is 1. The number of benzene rings is 2. The number of carbonyl (C=O) groups is 3. The van der Waals surface area contributed by atoms with Gasteiger partial charge in [-0.2, -0.15) is 0 Å². The quantitative estimate of drug-likeness (QED) is 0.447. The summed E-state index contributed by atoms with van der Waals surface area (Å²) in [5, 5.41) is 5.70. The molecule has 0 aliphatic rings. The fourth-order valence-corrected chi connectivity index (χ4v) is 3.10. The Morgan fingerprint density at radius 3 is 2.46 bits per heavy atom. The van der Waals surface area contributed by atoms with Crippen LogP contribution in [0.5, 0.6) is 0 Å². The molecule has 4 N–H and O–H groups in total. The van der Waals surface area contributed by atoms with E-state index in [1.165, 1.54) is 11.8 Å². The summed E-state index contributed by atoms with van der Waals surface area (Å²) in [7, 11) is 0. The number of hydrogen-bond acceptors (Lipinski definition) is 5. The molecule has 9 heteroatoms. The molecule has 0 fully saturated rings. The van der Waals surface area contributed by atoms with Gasteiger partial charge in [-0.3, -0.25) is 9.59 Å². The summed E-state index contributed by atoms with van der Waals surface area (Å²) >= 11 is 7.34. The van der Waals surface area contributed by atoms with Gasteiger partial charge >= 0.3 is 12.0 Å². The van der Waals surface area contributed by atoms with Crippen molar-refractivity contribution in [2.45, 2.75) is 17.4 Å². The van der Waals surface area contributed by atoms with Gasteiger partial charge in [-0.25, -0.2) is 4.79 Å². The van der Waals surface area contributed by atoms with Gasteiger partial charge in [0, 0.05) is 9.92 Å². The van der Waals surface area contributed by atoms with Crippen LogP contribution in [0.1, 0.15) is 18.0 Å². The van der Waals surface area contributed by atoms with Crippen LogP contribution >= 0.6 is 23.4 Å². The van der Waals surface area contributed by atoms with Gasteiger partial charge in [0.1, 0.15) is 0 Å². The number of esters is 1. The highest BCUT2D eigenvalue weighted by Crippen LogP contribution is 2.24. The maximum atomic E-state index is 12.1. The lowest BCUT2D eigenvalue weighted by Gasteiger charge is -2.17. The van der Waals surface area contributed by atoms with Crippen LogP contribution in [0.3, 0.4) is 0 Å². The van der Waals surface area contributed by atoms with Gasteiger partial charge in [0.05, 0.1) is 18.2 Å². The van der Waals surface area contributed by atoms with Gasteiger partial charge in [-0.15, -0.1) is 11.8 Å². The van der Waals surface area contributed by atoms with Gasteiger partial charge < -0.3 is 21.1 Å². The molecule has 7 nitrogen and oxygen atoms in total. The number of para-hydroxylation sites is 1. The molecule has 3 amide bonds. The molecule has 2 rings (SSSR count). The van der Waals surface area contributed by atoms with E-state index in [2.05, 4.69) is 10.6 Å². The minimum atomic E-state index is -0.779. The van der Waals surface area contributed by atoms with Crippen LogP contribution in [0.15, 0.2) is 53.4 Å². The zero-order valence-electron chi connectivity index (χ0n) is 15.1. The predicted octanol–water partition coefficient (Wildman–Crippen LogP) is 3.34. The van der Waals surface area contributed by atoms with Crippen molar-refractivity contribution in [3.05, 3.63) is 59.1 Å². The molecule has 0 heterocycles. The molecule has 0 aliphatic carbocycles. The Bertz CT molecular complexity index is 845. The minimum absolute atomic E-state index is 0.181. The van der Waals surface area contributed by atoms with Crippen molar-refractivity contribution in [2.75, 3.05) is 18.2 Å². The molecule has 2 aromatic carbocycles. The van der Waals surface area contributed by atoms with Crippen molar-refractivity contribution >= 4 is 47.0 Å². The van der Waals surface area contributed by atoms with E-state index in [9.17, 15) is 14.4 Å². The van der Waals surface area contributed by atoms with Gasteiger partial charge in [0.15, 0.2) is 6.61 Å². The highest BCUT2D eigenvalue weighted by Gasteiger charge is 2.19. The number of hydrogen-bond donors (Lipinski definition) is 3. The lowest BCUT2D eigenvalue weighted by molar-refractivity contribution is -0.147. The Labute approximate surface area is 172 Å². The van der Waals surface area contributed by atoms with Crippen molar-refractivity contribution < 1.29 is 19.1 Å². The van der Waals surface area contributed by atoms with Crippen LogP contribution in [0, 0.1) is 0 Å². The van der Waals surface area contributed by atoms with Crippen molar-refractivity contribution in [1.29, 1.82) is 0 Å². The maximum Gasteiger partial charge on any atom is 0.312 e. The van der Waals surface area contributed by atoms with Crippen LogP contribution in [0.2, 0.25) is 5.02 Å². The van der Waals surface area contributed by atoms with Crippen molar-refractivity contribution in [2.24, 2.45) is 5.73 Å². The van der Waals surface area contributed by atoms with Gasteiger partial charge in [-0.05, 0) is 36.1 Å². The highest BCUT2D eigenvalue weighted by atomic mass is 35.5. The third-order valence-electron chi connectivity index (χ3n) is 3.70. The molecule has 1 atom stereocenters. The van der Waals surface area contributed by atoms with Crippen LogP contribution in [-0.4, -0.2) is 30.8 Å². The fourth-order valence-electron chi connectivity index (χ4n) is 2.42. The van der Waals surface area contributed by atoms with Crippen molar-refractivity contribution in [1.82, 2.24) is 5.32 Å². The first kappa shape index (κ1) is 21.6. The SMILES string of the molecule is CSc1ccccc1NC(=O)COC(=O)CC(NC(N)=O)c1ccc(Cl)cc1. The first-order valence-corrected chi connectivity index (χ1v) is 9.89. The smallest absolute Gasteiger partial charge is 0.312 e. The minimum Gasteiger partial charge on any atom is -0.455 e. The Kier molecular flexibility index (Phi) is 8.16. The summed E-state index contributed by atoms with van der Waals surface area (Å²) in [4.78, 5) is 36.3. The first-order chi connectivity index (χ1) is 13.4. The summed E-state index contributed by atoms with van der Waals surface area (Å²) in [5.74, 6) is -1.11. The molecule has 0 aliphatic heterocycles.